The van der Waals surface area contributed by atoms with Crippen LogP contribution in [0.5, 0.6) is 0 Å². The minimum Gasteiger partial charge on any atom is -0.444 e. The van der Waals surface area contributed by atoms with Crippen molar-refractivity contribution in [3.8, 4) is 0 Å². The number of aryl methyl sites for hydroxylation is 1. The molecular formula is C18H27NO6S. The number of alkyl carbamates (subject to hydrolysis) is 1. The lowest BCUT2D eigenvalue weighted by Gasteiger charge is -2.30. The van der Waals surface area contributed by atoms with Crippen LogP contribution in [0.25, 0.3) is 0 Å². The van der Waals surface area contributed by atoms with Crippen LogP contribution in [0.2, 0.25) is 0 Å². The van der Waals surface area contributed by atoms with Gasteiger partial charge in [0.2, 0.25) is 0 Å². The quantitative estimate of drug-likeness (QED) is 0.784. The summed E-state index contributed by atoms with van der Waals surface area (Å²) in [6, 6.07) is 6.31. The van der Waals surface area contributed by atoms with E-state index in [4.69, 9.17) is 13.7 Å². The molecule has 1 heterocycles. The molecule has 0 unspecified atom stereocenters. The number of amides is 1. The predicted octanol–water partition coefficient (Wildman–Crippen LogP) is 2.77. The number of hydrogen-bond acceptors (Lipinski definition) is 6. The lowest BCUT2D eigenvalue weighted by Crippen LogP contribution is -2.45. The molecule has 1 aliphatic rings. The molecule has 0 radical (unpaired) electrons. The van der Waals surface area contributed by atoms with Crippen LogP contribution in [0.15, 0.2) is 29.2 Å². The Morgan fingerprint density at radius 3 is 2.54 bits per heavy atom. The van der Waals surface area contributed by atoms with Gasteiger partial charge in [-0.15, -0.1) is 0 Å². The van der Waals surface area contributed by atoms with E-state index in [1.807, 2.05) is 6.92 Å². The van der Waals surface area contributed by atoms with E-state index in [1.54, 1.807) is 32.9 Å². The van der Waals surface area contributed by atoms with Gasteiger partial charge in [0, 0.05) is 12.6 Å². The Kier molecular flexibility index (Phi) is 6.65. The lowest BCUT2D eigenvalue weighted by molar-refractivity contribution is -0.0239. The van der Waals surface area contributed by atoms with Crippen LogP contribution in [0, 0.1) is 6.92 Å². The van der Waals surface area contributed by atoms with Crippen molar-refractivity contribution in [3.05, 3.63) is 29.8 Å². The average molecular weight is 385 g/mol. The minimum atomic E-state index is -3.83. The van der Waals surface area contributed by atoms with Crippen LogP contribution < -0.4 is 5.32 Å². The van der Waals surface area contributed by atoms with Crippen molar-refractivity contribution in [1.82, 2.24) is 5.32 Å². The number of carbonyl (C=O) groups is 1. The molecule has 7 nitrogen and oxygen atoms in total. The molecule has 1 aromatic rings. The molecule has 1 fully saturated rings. The maximum atomic E-state index is 12.2. The van der Waals surface area contributed by atoms with Crippen molar-refractivity contribution < 1.29 is 26.9 Å². The highest BCUT2D eigenvalue weighted by Gasteiger charge is 2.28. The van der Waals surface area contributed by atoms with E-state index in [2.05, 4.69) is 5.32 Å². The summed E-state index contributed by atoms with van der Waals surface area (Å²) in [5, 5.41) is 2.79. The summed E-state index contributed by atoms with van der Waals surface area (Å²) < 4.78 is 40.4. The molecule has 1 N–H and O–H groups in total. The summed E-state index contributed by atoms with van der Waals surface area (Å²) in [6.07, 6.45) is 0.198. The first kappa shape index (κ1) is 20.7. The summed E-state index contributed by atoms with van der Waals surface area (Å²) >= 11 is 0. The van der Waals surface area contributed by atoms with Gasteiger partial charge in [0.25, 0.3) is 10.1 Å². The van der Waals surface area contributed by atoms with E-state index in [-0.39, 0.29) is 17.5 Å². The monoisotopic (exact) mass is 385 g/mol. The van der Waals surface area contributed by atoms with Crippen LogP contribution in [0.4, 0.5) is 4.79 Å². The Bertz CT molecular complexity index is 708. The van der Waals surface area contributed by atoms with E-state index < -0.39 is 27.9 Å². The predicted molar refractivity (Wildman–Crippen MR) is 96.4 cm³/mol. The fourth-order valence-corrected chi connectivity index (χ4v) is 3.48. The summed E-state index contributed by atoms with van der Waals surface area (Å²) in [6.45, 7) is 7.59. The first-order valence-electron chi connectivity index (χ1n) is 8.62. The number of rotatable bonds is 5. The minimum absolute atomic E-state index is 0.0945. The lowest BCUT2D eigenvalue weighted by atomic mass is 10.0. The van der Waals surface area contributed by atoms with Crippen LogP contribution >= 0.6 is 0 Å². The van der Waals surface area contributed by atoms with Gasteiger partial charge in [-0.2, -0.15) is 8.42 Å². The Balaban J connectivity index is 1.86. The Hall–Kier alpha value is -1.64. The molecule has 146 valence electrons. The molecule has 2 rings (SSSR count). The zero-order valence-electron chi connectivity index (χ0n) is 15.7. The molecule has 1 aromatic carbocycles. The molecule has 8 heteroatoms. The summed E-state index contributed by atoms with van der Waals surface area (Å²) in [5.41, 5.74) is 0.399. The fourth-order valence-electron chi connectivity index (χ4n) is 2.54. The van der Waals surface area contributed by atoms with Gasteiger partial charge in [-0.05, 0) is 52.7 Å². The molecule has 2 atom stereocenters. The van der Waals surface area contributed by atoms with Gasteiger partial charge in [0.15, 0.2) is 0 Å². The zero-order chi connectivity index (χ0) is 19.4. The zero-order valence-corrected chi connectivity index (χ0v) is 16.5. The van der Waals surface area contributed by atoms with E-state index in [9.17, 15) is 13.2 Å². The molecule has 1 aliphatic heterocycles. The number of benzene rings is 1. The third-order valence-electron chi connectivity index (χ3n) is 3.81. The molecular weight excluding hydrogens is 358 g/mol. The van der Waals surface area contributed by atoms with Crippen LogP contribution in [0.3, 0.4) is 0 Å². The van der Waals surface area contributed by atoms with Gasteiger partial charge in [-0.25, -0.2) is 4.79 Å². The smallest absolute Gasteiger partial charge is 0.407 e. The average Bonchev–Trinajstić information content (AvgIpc) is 2.52. The van der Waals surface area contributed by atoms with Crippen molar-refractivity contribution in [1.29, 1.82) is 0 Å². The van der Waals surface area contributed by atoms with Crippen molar-refractivity contribution in [2.45, 2.75) is 63.2 Å². The maximum Gasteiger partial charge on any atom is 0.407 e. The third-order valence-corrected chi connectivity index (χ3v) is 5.10. The normalized spacial score (nSPS) is 21.2. The Labute approximate surface area is 155 Å². The molecule has 1 amide bonds. The van der Waals surface area contributed by atoms with E-state index >= 15 is 0 Å². The van der Waals surface area contributed by atoms with Gasteiger partial charge in [-0.3, -0.25) is 4.18 Å². The summed E-state index contributed by atoms with van der Waals surface area (Å²) in [5.74, 6) is 0. The third kappa shape index (κ3) is 6.59. The SMILES string of the molecule is Cc1ccc(S(=O)(=O)OC[C@H]2C[C@@H](NC(=O)OC(C)(C)C)CCO2)cc1. The molecule has 1 saturated heterocycles. The van der Waals surface area contributed by atoms with Gasteiger partial charge in [0.1, 0.15) is 5.60 Å². The second-order valence-corrected chi connectivity index (χ2v) is 9.03. The fraction of sp³-hybridized carbons (Fsp3) is 0.611. The second kappa shape index (κ2) is 8.37. The first-order chi connectivity index (χ1) is 12.0. The van der Waals surface area contributed by atoms with Gasteiger partial charge >= 0.3 is 6.09 Å². The molecule has 0 aromatic heterocycles. The Morgan fingerprint density at radius 2 is 1.92 bits per heavy atom. The largest absolute Gasteiger partial charge is 0.444 e. The van der Waals surface area contributed by atoms with Crippen LogP contribution in [0.1, 0.15) is 39.2 Å². The van der Waals surface area contributed by atoms with E-state index in [0.29, 0.717) is 19.4 Å². The van der Waals surface area contributed by atoms with Crippen molar-refractivity contribution in [2.75, 3.05) is 13.2 Å². The van der Waals surface area contributed by atoms with Crippen molar-refractivity contribution >= 4 is 16.2 Å². The molecule has 26 heavy (non-hydrogen) atoms. The number of nitrogens with one attached hydrogen (secondary N) is 1. The topological polar surface area (TPSA) is 90.9 Å². The molecule has 0 spiro atoms. The summed E-state index contributed by atoms with van der Waals surface area (Å²) in [7, 11) is -3.83. The Morgan fingerprint density at radius 1 is 1.27 bits per heavy atom. The molecule has 0 saturated carbocycles. The van der Waals surface area contributed by atoms with Crippen LogP contribution in [-0.4, -0.2) is 45.5 Å². The van der Waals surface area contributed by atoms with Gasteiger partial charge < -0.3 is 14.8 Å². The van der Waals surface area contributed by atoms with E-state index in [0.717, 1.165) is 5.56 Å². The van der Waals surface area contributed by atoms with Crippen molar-refractivity contribution in [3.63, 3.8) is 0 Å². The summed E-state index contributed by atoms with van der Waals surface area (Å²) in [4.78, 5) is 12.0. The number of hydrogen-bond donors (Lipinski definition) is 1. The van der Waals surface area contributed by atoms with Crippen molar-refractivity contribution in [2.24, 2.45) is 0 Å². The highest BCUT2D eigenvalue weighted by atomic mass is 32.2. The number of carbonyl (C=O) groups excluding carboxylic acids is 1. The van der Waals surface area contributed by atoms with Gasteiger partial charge in [0.05, 0.1) is 17.6 Å². The highest BCUT2D eigenvalue weighted by molar-refractivity contribution is 7.86. The van der Waals surface area contributed by atoms with E-state index in [1.165, 1.54) is 12.1 Å². The number of ether oxygens (including phenoxy) is 2. The molecule has 0 aliphatic carbocycles. The highest BCUT2D eigenvalue weighted by Crippen LogP contribution is 2.19. The maximum absolute atomic E-state index is 12.2. The molecule has 0 bridgehead atoms. The second-order valence-electron chi connectivity index (χ2n) is 7.41. The van der Waals surface area contributed by atoms with Gasteiger partial charge in [-0.1, -0.05) is 17.7 Å². The standard InChI is InChI=1S/C18H27NO6S/c1-13-5-7-16(8-6-13)26(21,22)24-12-15-11-14(9-10-23-15)19-17(20)25-18(2,3)4/h5-8,14-15H,9-12H2,1-4H3,(H,19,20)/t14-,15+/m0/s1. The van der Waals surface area contributed by atoms with Crippen LogP contribution in [-0.2, 0) is 23.8 Å². The first-order valence-corrected chi connectivity index (χ1v) is 10.0.